The van der Waals surface area contributed by atoms with Crippen LogP contribution >= 0.6 is 0 Å². The van der Waals surface area contributed by atoms with Crippen molar-refractivity contribution in [2.45, 2.75) is 52.0 Å². The Labute approximate surface area is 178 Å². The molecule has 0 spiro atoms. The van der Waals surface area contributed by atoms with Gasteiger partial charge in [0.15, 0.2) is 5.78 Å². The Morgan fingerprint density at radius 1 is 0.867 bits per heavy atom. The molecule has 152 valence electrons. The summed E-state index contributed by atoms with van der Waals surface area (Å²) in [5.74, 6) is 0.966. The lowest BCUT2D eigenvalue weighted by atomic mass is 9.87. The first-order valence-electron chi connectivity index (χ1n) is 11.3. The highest BCUT2D eigenvalue weighted by Crippen LogP contribution is 2.32. The van der Waals surface area contributed by atoms with E-state index in [2.05, 4.69) is 47.9 Å². The molecule has 1 fully saturated rings. The molecule has 0 bridgehead atoms. The first-order valence-corrected chi connectivity index (χ1v) is 11.3. The van der Waals surface area contributed by atoms with Gasteiger partial charge in [0.1, 0.15) is 0 Å². The van der Waals surface area contributed by atoms with Crippen LogP contribution in [0.2, 0.25) is 0 Å². The van der Waals surface area contributed by atoms with Gasteiger partial charge in [-0.3, -0.25) is 4.79 Å². The number of carbonyl (C=O) groups is 1. The average Bonchev–Trinajstić information content (AvgIpc) is 3.08. The van der Waals surface area contributed by atoms with Crippen molar-refractivity contribution in [1.82, 2.24) is 4.57 Å². The van der Waals surface area contributed by atoms with E-state index in [1.165, 1.54) is 44.0 Å². The lowest BCUT2D eigenvalue weighted by Crippen LogP contribution is -2.11. The van der Waals surface area contributed by atoms with Gasteiger partial charge in [-0.25, -0.2) is 0 Å². The van der Waals surface area contributed by atoms with E-state index >= 15 is 0 Å². The topological polar surface area (TPSA) is 22.0 Å². The number of ketones is 1. The van der Waals surface area contributed by atoms with Gasteiger partial charge in [-0.2, -0.15) is 0 Å². The van der Waals surface area contributed by atoms with Crippen molar-refractivity contribution in [2.75, 3.05) is 0 Å². The second-order valence-corrected chi connectivity index (χ2v) is 8.78. The molecular formula is C28H29NO. The molecule has 0 atom stereocenters. The monoisotopic (exact) mass is 395 g/mol. The molecule has 1 aliphatic rings. The van der Waals surface area contributed by atoms with Crippen molar-refractivity contribution in [3.8, 4) is 0 Å². The van der Waals surface area contributed by atoms with Crippen LogP contribution in [0.1, 0.15) is 60.1 Å². The molecule has 0 amide bonds. The number of para-hydroxylation sites is 1. The normalized spacial score (nSPS) is 15.1. The number of benzene rings is 3. The predicted molar refractivity (Wildman–Crippen MR) is 125 cm³/mol. The second kappa shape index (κ2) is 8.10. The molecule has 30 heavy (non-hydrogen) atoms. The number of aromatic nitrogens is 1. The molecule has 3 aromatic carbocycles. The zero-order chi connectivity index (χ0) is 20.5. The van der Waals surface area contributed by atoms with E-state index in [0.29, 0.717) is 0 Å². The Balaban J connectivity index is 1.57. The Bertz CT molecular complexity index is 1200. The van der Waals surface area contributed by atoms with Crippen molar-refractivity contribution in [1.29, 1.82) is 0 Å². The molecule has 2 heteroatoms. The smallest absolute Gasteiger partial charge is 0.196 e. The van der Waals surface area contributed by atoms with Crippen LogP contribution in [0, 0.1) is 12.8 Å². The highest BCUT2D eigenvalue weighted by molar-refractivity contribution is 6.22. The minimum atomic E-state index is 0.136. The second-order valence-electron chi connectivity index (χ2n) is 8.78. The molecule has 0 radical (unpaired) electrons. The SMILES string of the molecule is Cc1c(C(=O)c2cccc3ccccc23)c2ccccc2n1CCC1CCCCC1. The number of fused-ring (bicyclic) bond motifs is 2. The zero-order valence-corrected chi connectivity index (χ0v) is 17.7. The van der Waals surface area contributed by atoms with Gasteiger partial charge < -0.3 is 4.57 Å². The standard InChI is InChI=1S/C28H29NO/c1-20-27(28(30)24-16-9-13-22-12-5-6-14-23(22)24)25-15-7-8-17-26(25)29(20)19-18-21-10-3-2-4-11-21/h5-9,12-17,21H,2-4,10-11,18-19H2,1H3. The van der Waals surface area contributed by atoms with Crippen LogP contribution in [0.4, 0.5) is 0 Å². The molecule has 1 saturated carbocycles. The van der Waals surface area contributed by atoms with Gasteiger partial charge in [-0.15, -0.1) is 0 Å². The maximum atomic E-state index is 13.8. The van der Waals surface area contributed by atoms with Gasteiger partial charge in [-0.05, 0) is 36.1 Å². The van der Waals surface area contributed by atoms with Crippen molar-refractivity contribution < 1.29 is 4.79 Å². The molecule has 4 aromatic rings. The molecule has 0 aliphatic heterocycles. The molecule has 5 rings (SSSR count). The maximum absolute atomic E-state index is 13.8. The summed E-state index contributed by atoms with van der Waals surface area (Å²) < 4.78 is 2.39. The number of rotatable bonds is 5. The molecule has 1 heterocycles. The van der Waals surface area contributed by atoms with E-state index in [1.54, 1.807) is 0 Å². The van der Waals surface area contributed by atoms with Crippen molar-refractivity contribution >= 4 is 27.5 Å². The molecule has 0 saturated heterocycles. The summed E-state index contributed by atoms with van der Waals surface area (Å²) >= 11 is 0. The van der Waals surface area contributed by atoms with E-state index in [-0.39, 0.29) is 5.78 Å². The molecule has 1 aromatic heterocycles. The third-order valence-electron chi connectivity index (χ3n) is 6.98. The van der Waals surface area contributed by atoms with Crippen molar-refractivity contribution in [2.24, 2.45) is 5.92 Å². The number of carbonyl (C=O) groups excluding carboxylic acids is 1. The fourth-order valence-corrected chi connectivity index (χ4v) is 5.35. The summed E-state index contributed by atoms with van der Waals surface area (Å²) in [5, 5.41) is 3.22. The minimum absolute atomic E-state index is 0.136. The van der Waals surface area contributed by atoms with E-state index in [0.717, 1.165) is 45.4 Å². The zero-order valence-electron chi connectivity index (χ0n) is 17.7. The Hall–Kier alpha value is -2.87. The summed E-state index contributed by atoms with van der Waals surface area (Å²) in [6.45, 7) is 3.12. The number of nitrogens with zero attached hydrogens (tertiary/aromatic N) is 1. The molecular weight excluding hydrogens is 366 g/mol. The lowest BCUT2D eigenvalue weighted by Gasteiger charge is -2.22. The Kier molecular flexibility index (Phi) is 5.16. The number of hydrogen-bond donors (Lipinski definition) is 0. The maximum Gasteiger partial charge on any atom is 0.196 e. The largest absolute Gasteiger partial charge is 0.344 e. The minimum Gasteiger partial charge on any atom is -0.344 e. The van der Waals surface area contributed by atoms with Crippen molar-refractivity contribution in [3.05, 3.63) is 83.6 Å². The fourth-order valence-electron chi connectivity index (χ4n) is 5.35. The van der Waals surface area contributed by atoms with Crippen LogP contribution in [0.15, 0.2) is 66.7 Å². The first kappa shape index (κ1) is 19.1. The van der Waals surface area contributed by atoms with Crippen molar-refractivity contribution in [3.63, 3.8) is 0 Å². The van der Waals surface area contributed by atoms with E-state index < -0.39 is 0 Å². The van der Waals surface area contributed by atoms with E-state index in [4.69, 9.17) is 0 Å². The summed E-state index contributed by atoms with van der Waals surface area (Å²) in [6.07, 6.45) is 8.08. The van der Waals surface area contributed by atoms with Gasteiger partial charge in [0, 0.05) is 28.7 Å². The predicted octanol–water partition coefficient (Wildman–Crippen LogP) is 7.30. The van der Waals surface area contributed by atoms with Crippen LogP contribution in [-0.4, -0.2) is 10.4 Å². The molecule has 0 unspecified atom stereocenters. The van der Waals surface area contributed by atoms with Gasteiger partial charge >= 0.3 is 0 Å². The van der Waals surface area contributed by atoms with E-state index in [9.17, 15) is 4.79 Å². The van der Waals surface area contributed by atoms with E-state index in [1.807, 2.05) is 30.3 Å². The summed E-state index contributed by atoms with van der Waals surface area (Å²) in [7, 11) is 0. The molecule has 2 nitrogen and oxygen atoms in total. The third-order valence-corrected chi connectivity index (χ3v) is 6.98. The average molecular weight is 396 g/mol. The molecule has 1 aliphatic carbocycles. The summed E-state index contributed by atoms with van der Waals surface area (Å²) in [6, 6.07) is 22.6. The van der Waals surface area contributed by atoms with Gasteiger partial charge in [0.2, 0.25) is 0 Å². The van der Waals surface area contributed by atoms with Gasteiger partial charge in [-0.1, -0.05) is 92.8 Å². The number of hydrogen-bond acceptors (Lipinski definition) is 1. The Morgan fingerprint density at radius 3 is 2.40 bits per heavy atom. The lowest BCUT2D eigenvalue weighted by molar-refractivity contribution is 0.104. The highest BCUT2D eigenvalue weighted by atomic mass is 16.1. The summed E-state index contributed by atoms with van der Waals surface area (Å²) in [5.41, 5.74) is 3.95. The first-order chi connectivity index (χ1) is 14.7. The van der Waals surface area contributed by atoms with Crippen LogP contribution in [0.3, 0.4) is 0 Å². The van der Waals surface area contributed by atoms with Crippen LogP contribution < -0.4 is 0 Å². The third kappa shape index (κ3) is 3.35. The fraction of sp³-hybridized carbons (Fsp3) is 0.321. The molecule has 0 N–H and O–H groups in total. The quantitative estimate of drug-likeness (QED) is 0.325. The van der Waals surface area contributed by atoms with Crippen LogP contribution in [-0.2, 0) is 6.54 Å². The highest BCUT2D eigenvalue weighted by Gasteiger charge is 2.23. The summed E-state index contributed by atoms with van der Waals surface area (Å²) in [4.78, 5) is 13.8. The van der Waals surface area contributed by atoms with Crippen LogP contribution in [0.5, 0.6) is 0 Å². The van der Waals surface area contributed by atoms with Crippen LogP contribution in [0.25, 0.3) is 21.7 Å². The van der Waals surface area contributed by atoms with Gasteiger partial charge in [0.05, 0.1) is 5.56 Å². The Morgan fingerprint density at radius 2 is 1.57 bits per heavy atom. The number of aryl methyl sites for hydroxylation is 1. The van der Waals surface area contributed by atoms with Gasteiger partial charge in [0.25, 0.3) is 0 Å².